The van der Waals surface area contributed by atoms with Gasteiger partial charge in [-0.2, -0.15) is 11.1 Å². The molecule has 0 bridgehead atoms. The van der Waals surface area contributed by atoms with Gasteiger partial charge in [-0.1, -0.05) is 0 Å². The largest absolute Gasteiger partial charge is 0.494 e. The van der Waals surface area contributed by atoms with E-state index in [1.54, 1.807) is 6.07 Å². The summed E-state index contributed by atoms with van der Waals surface area (Å²) >= 11 is 0. The molecule has 5 N–H and O–H groups in total. The van der Waals surface area contributed by atoms with Crippen molar-refractivity contribution in [3.8, 4) is 5.75 Å². The second-order valence-corrected chi connectivity index (χ2v) is 2.24. The Bertz CT molecular complexity index is 281. The Hall–Kier alpha value is -1.37. The fourth-order valence-corrected chi connectivity index (χ4v) is 0.846. The number of rotatable bonds is 4. The maximum absolute atomic E-state index is 12.9. The van der Waals surface area contributed by atoms with Gasteiger partial charge in [-0.05, 0) is 12.1 Å². The van der Waals surface area contributed by atoms with E-state index < -0.39 is 5.82 Å². The van der Waals surface area contributed by atoms with E-state index in [-0.39, 0.29) is 5.75 Å². The second kappa shape index (κ2) is 4.61. The van der Waals surface area contributed by atoms with Crippen molar-refractivity contribution < 1.29 is 9.13 Å². The second-order valence-electron chi connectivity index (χ2n) is 2.24. The van der Waals surface area contributed by atoms with Gasteiger partial charge in [-0.25, -0.2) is 4.39 Å². The molecule has 13 heavy (non-hydrogen) atoms. The van der Waals surface area contributed by atoms with E-state index in [4.69, 9.17) is 10.6 Å². The highest BCUT2D eigenvalue weighted by Gasteiger charge is 2.01. The molecule has 0 aromatic heterocycles. The molecule has 0 radical (unpaired) electrons. The first kappa shape index (κ1) is 9.72. The number of anilines is 1. The average Bonchev–Trinajstić information content (AvgIpc) is 2.16. The van der Waals surface area contributed by atoms with Crippen LogP contribution in [0.3, 0.4) is 0 Å². The molecule has 1 aromatic carbocycles. The van der Waals surface area contributed by atoms with Crippen molar-refractivity contribution in [2.45, 2.75) is 0 Å². The number of methoxy groups -OCH3 is 1. The summed E-state index contributed by atoms with van der Waals surface area (Å²) in [5.41, 5.74) is 7.91. The van der Waals surface area contributed by atoms with Gasteiger partial charge >= 0.3 is 0 Å². The van der Waals surface area contributed by atoms with Crippen molar-refractivity contribution >= 4 is 5.69 Å². The topological polar surface area (TPSA) is 71.3 Å². The Kier molecular flexibility index (Phi) is 3.44. The maximum atomic E-state index is 12.9. The normalized spacial score (nSPS) is 9.77. The fraction of sp³-hybridized carbons (Fsp3) is 0.143. The minimum absolute atomic E-state index is 0.170. The van der Waals surface area contributed by atoms with Gasteiger partial charge in [0.15, 0.2) is 11.6 Å². The van der Waals surface area contributed by atoms with E-state index in [0.29, 0.717) is 5.69 Å². The van der Waals surface area contributed by atoms with Crippen LogP contribution in [0.5, 0.6) is 5.75 Å². The number of halogens is 1. The molecule has 5 nitrogen and oxygen atoms in total. The van der Waals surface area contributed by atoms with E-state index in [0.717, 1.165) is 0 Å². The Balaban J connectivity index is 2.74. The van der Waals surface area contributed by atoms with Gasteiger partial charge in [0.25, 0.3) is 0 Å². The lowest BCUT2D eigenvalue weighted by Crippen LogP contribution is -2.41. The van der Waals surface area contributed by atoms with E-state index in [1.807, 2.05) is 0 Å². The molecule has 0 saturated heterocycles. The molecule has 72 valence electrons. The first-order valence-corrected chi connectivity index (χ1v) is 3.58. The number of hydrogen-bond donors (Lipinski definition) is 4. The Labute approximate surface area is 75.0 Å². The van der Waals surface area contributed by atoms with Crippen LogP contribution >= 0.6 is 0 Å². The number of hydrazine groups is 3. The predicted molar refractivity (Wildman–Crippen MR) is 47.0 cm³/mol. The van der Waals surface area contributed by atoms with Crippen molar-refractivity contribution in [2.24, 2.45) is 5.84 Å². The van der Waals surface area contributed by atoms with Gasteiger partial charge in [-0.3, -0.25) is 5.84 Å². The molecule has 0 unspecified atom stereocenters. The van der Waals surface area contributed by atoms with Crippen LogP contribution in [-0.2, 0) is 0 Å². The highest BCUT2D eigenvalue weighted by molar-refractivity contribution is 5.47. The summed E-state index contributed by atoms with van der Waals surface area (Å²) in [6, 6.07) is 4.33. The van der Waals surface area contributed by atoms with Gasteiger partial charge in [0, 0.05) is 6.07 Å². The highest BCUT2D eigenvalue weighted by Crippen LogP contribution is 2.20. The summed E-state index contributed by atoms with van der Waals surface area (Å²) in [6.45, 7) is 0. The third-order valence-corrected chi connectivity index (χ3v) is 1.43. The van der Waals surface area contributed by atoms with E-state index in [9.17, 15) is 4.39 Å². The molecular formula is C7H11FN4O. The summed E-state index contributed by atoms with van der Waals surface area (Å²) in [5, 5.41) is 0. The van der Waals surface area contributed by atoms with Crippen molar-refractivity contribution in [3.63, 3.8) is 0 Å². The number of nitrogens with one attached hydrogen (secondary N) is 3. The smallest absolute Gasteiger partial charge is 0.165 e. The number of hydrogen-bond acceptors (Lipinski definition) is 5. The molecule has 1 aromatic rings. The van der Waals surface area contributed by atoms with Gasteiger partial charge in [-0.15, -0.1) is 0 Å². The Morgan fingerprint density at radius 2 is 2.23 bits per heavy atom. The summed E-state index contributed by atoms with van der Waals surface area (Å²) in [5.74, 6) is 4.71. The summed E-state index contributed by atoms with van der Waals surface area (Å²) in [7, 11) is 1.40. The first-order chi connectivity index (χ1) is 6.27. The molecule has 0 spiro atoms. The molecule has 0 heterocycles. The Morgan fingerprint density at radius 1 is 1.46 bits per heavy atom. The van der Waals surface area contributed by atoms with Crippen LogP contribution in [0.4, 0.5) is 10.1 Å². The average molecular weight is 186 g/mol. The number of ether oxygens (including phenoxy) is 1. The zero-order valence-corrected chi connectivity index (χ0v) is 7.10. The van der Waals surface area contributed by atoms with Crippen molar-refractivity contribution in [1.82, 2.24) is 11.1 Å². The quantitative estimate of drug-likeness (QED) is 0.397. The van der Waals surface area contributed by atoms with Gasteiger partial charge < -0.3 is 10.2 Å². The van der Waals surface area contributed by atoms with Crippen LogP contribution in [0.1, 0.15) is 0 Å². The predicted octanol–water partition coefficient (Wildman–Crippen LogP) is 0.129. The zero-order valence-electron chi connectivity index (χ0n) is 7.10. The molecule has 0 aliphatic rings. The van der Waals surface area contributed by atoms with Crippen LogP contribution < -0.4 is 27.1 Å². The SMILES string of the molecule is COc1cc(NNNN)ccc1F. The van der Waals surface area contributed by atoms with Crippen molar-refractivity contribution in [3.05, 3.63) is 24.0 Å². The molecule has 0 atom stereocenters. The van der Waals surface area contributed by atoms with Crippen LogP contribution in [0, 0.1) is 5.82 Å². The molecule has 0 amide bonds. The van der Waals surface area contributed by atoms with Crippen LogP contribution in [0.15, 0.2) is 18.2 Å². The number of benzene rings is 1. The lowest BCUT2D eigenvalue weighted by molar-refractivity contribution is 0.386. The summed E-state index contributed by atoms with van der Waals surface area (Å²) < 4.78 is 17.6. The molecule has 1 rings (SSSR count). The fourth-order valence-electron chi connectivity index (χ4n) is 0.846. The van der Waals surface area contributed by atoms with E-state index in [1.165, 1.54) is 19.2 Å². The maximum Gasteiger partial charge on any atom is 0.165 e. The standard InChI is InChI=1S/C7H11FN4O/c1-13-7-4-5(10-12-11-9)2-3-6(7)8/h2-4,10-12H,9H2,1H3. The summed E-state index contributed by atoms with van der Waals surface area (Å²) in [6.07, 6.45) is 0. The first-order valence-electron chi connectivity index (χ1n) is 3.58. The third kappa shape index (κ3) is 2.55. The van der Waals surface area contributed by atoms with Gasteiger partial charge in [0.2, 0.25) is 0 Å². The zero-order chi connectivity index (χ0) is 9.68. The van der Waals surface area contributed by atoms with E-state index in [2.05, 4.69) is 16.5 Å². The van der Waals surface area contributed by atoms with E-state index >= 15 is 0 Å². The highest BCUT2D eigenvalue weighted by atomic mass is 19.1. The van der Waals surface area contributed by atoms with Gasteiger partial charge in [0.05, 0.1) is 12.8 Å². The van der Waals surface area contributed by atoms with Crippen LogP contribution in [-0.4, -0.2) is 7.11 Å². The van der Waals surface area contributed by atoms with Crippen molar-refractivity contribution in [2.75, 3.05) is 12.5 Å². The Morgan fingerprint density at radius 3 is 2.85 bits per heavy atom. The third-order valence-electron chi connectivity index (χ3n) is 1.43. The lowest BCUT2D eigenvalue weighted by atomic mass is 10.3. The minimum Gasteiger partial charge on any atom is -0.494 e. The molecule has 6 heteroatoms. The molecule has 0 aliphatic carbocycles. The number of nitrogens with two attached hydrogens (primary N) is 1. The molecule has 0 saturated carbocycles. The van der Waals surface area contributed by atoms with Crippen molar-refractivity contribution in [1.29, 1.82) is 0 Å². The van der Waals surface area contributed by atoms with Crippen LogP contribution in [0.2, 0.25) is 0 Å². The molecule has 0 fully saturated rings. The molecular weight excluding hydrogens is 175 g/mol. The lowest BCUT2D eigenvalue weighted by Gasteiger charge is -2.08. The van der Waals surface area contributed by atoms with Gasteiger partial charge in [0.1, 0.15) is 0 Å². The van der Waals surface area contributed by atoms with Crippen LogP contribution in [0.25, 0.3) is 0 Å². The summed E-state index contributed by atoms with van der Waals surface area (Å²) in [4.78, 5) is 0. The minimum atomic E-state index is -0.409. The monoisotopic (exact) mass is 186 g/mol. The molecule has 0 aliphatic heterocycles.